The molecule has 0 spiro atoms. The van der Waals surface area contributed by atoms with Gasteiger partial charge in [0.25, 0.3) is 5.91 Å². The number of amides is 1. The zero-order chi connectivity index (χ0) is 16.3. The van der Waals surface area contributed by atoms with E-state index >= 15 is 0 Å². The van der Waals surface area contributed by atoms with E-state index in [9.17, 15) is 14.0 Å². The van der Waals surface area contributed by atoms with Crippen LogP contribution >= 0.6 is 0 Å². The molecule has 0 aliphatic heterocycles. The highest BCUT2D eigenvalue weighted by Crippen LogP contribution is 2.26. The fourth-order valence-corrected chi connectivity index (χ4v) is 2.07. The molecular weight excluding hydrogens is 285 g/mol. The Morgan fingerprint density at radius 3 is 2.23 bits per heavy atom. The van der Waals surface area contributed by atoms with Crippen molar-refractivity contribution >= 4 is 11.9 Å². The molecule has 2 rings (SSSR count). The van der Waals surface area contributed by atoms with Crippen LogP contribution in [0.3, 0.4) is 0 Å². The summed E-state index contributed by atoms with van der Waals surface area (Å²) in [7, 11) is 4.53. The van der Waals surface area contributed by atoms with Crippen LogP contribution in [-0.2, 0) is 4.74 Å². The average molecular weight is 301 g/mol. The van der Waals surface area contributed by atoms with Crippen molar-refractivity contribution in [1.82, 2.24) is 4.90 Å². The largest absolute Gasteiger partial charge is 0.465 e. The molecule has 0 atom stereocenters. The van der Waals surface area contributed by atoms with Crippen LogP contribution in [0, 0.1) is 5.82 Å². The van der Waals surface area contributed by atoms with Crippen molar-refractivity contribution in [2.75, 3.05) is 21.2 Å². The molecule has 0 aromatic heterocycles. The third-order valence-electron chi connectivity index (χ3n) is 3.25. The monoisotopic (exact) mass is 301 g/mol. The quantitative estimate of drug-likeness (QED) is 0.819. The van der Waals surface area contributed by atoms with E-state index in [1.165, 1.54) is 18.1 Å². The highest BCUT2D eigenvalue weighted by molar-refractivity contribution is 5.95. The van der Waals surface area contributed by atoms with E-state index in [1.54, 1.807) is 50.5 Å². The molecule has 5 heteroatoms. The van der Waals surface area contributed by atoms with E-state index in [-0.39, 0.29) is 17.0 Å². The number of rotatable bonds is 3. The maximum absolute atomic E-state index is 14.4. The Bertz CT molecular complexity index is 708. The van der Waals surface area contributed by atoms with Crippen molar-refractivity contribution < 1.29 is 18.7 Å². The Kier molecular flexibility index (Phi) is 4.56. The van der Waals surface area contributed by atoms with Crippen LogP contribution in [0.4, 0.5) is 4.39 Å². The maximum Gasteiger partial charge on any atom is 0.340 e. The van der Waals surface area contributed by atoms with Gasteiger partial charge < -0.3 is 9.64 Å². The molecule has 2 aromatic rings. The number of nitrogens with zero attached hydrogens (tertiary/aromatic N) is 1. The summed E-state index contributed by atoms with van der Waals surface area (Å²) in [6.07, 6.45) is 0. The van der Waals surface area contributed by atoms with E-state index < -0.39 is 11.8 Å². The molecular formula is C17H16FNO3. The zero-order valence-corrected chi connectivity index (χ0v) is 12.6. The average Bonchev–Trinajstić information content (AvgIpc) is 2.53. The smallest absolute Gasteiger partial charge is 0.340 e. The van der Waals surface area contributed by atoms with E-state index in [4.69, 9.17) is 0 Å². The lowest BCUT2D eigenvalue weighted by Gasteiger charge is -2.11. The summed E-state index contributed by atoms with van der Waals surface area (Å²) in [4.78, 5) is 24.8. The predicted octanol–water partition coefficient (Wildman–Crippen LogP) is 2.98. The Balaban J connectivity index is 2.41. The first-order valence-corrected chi connectivity index (χ1v) is 6.64. The molecule has 0 unspecified atom stereocenters. The van der Waals surface area contributed by atoms with Crippen molar-refractivity contribution in [1.29, 1.82) is 0 Å². The van der Waals surface area contributed by atoms with Gasteiger partial charge in [-0.2, -0.15) is 0 Å². The normalized spacial score (nSPS) is 10.2. The number of hydrogen-bond donors (Lipinski definition) is 0. The summed E-state index contributed by atoms with van der Waals surface area (Å²) in [6.45, 7) is 0. The van der Waals surface area contributed by atoms with Gasteiger partial charge in [-0.1, -0.05) is 24.3 Å². The molecule has 0 radical (unpaired) electrons. The standard InChI is InChI=1S/C17H16FNO3/c1-19(2)16(20)12-9-7-11(8-10-12)13-5-4-6-14(15(13)18)17(21)22-3/h4-10H,1-3H3. The molecule has 0 saturated carbocycles. The molecule has 0 N–H and O–H groups in total. The van der Waals surface area contributed by atoms with Crippen molar-refractivity contribution in [3.05, 3.63) is 59.4 Å². The molecule has 0 aliphatic carbocycles. The molecule has 0 heterocycles. The second-order valence-corrected chi connectivity index (χ2v) is 4.94. The molecule has 0 fully saturated rings. The van der Waals surface area contributed by atoms with E-state index in [1.807, 2.05) is 0 Å². The molecule has 22 heavy (non-hydrogen) atoms. The summed E-state index contributed by atoms with van der Waals surface area (Å²) in [6, 6.07) is 11.1. The van der Waals surface area contributed by atoms with Gasteiger partial charge in [-0.15, -0.1) is 0 Å². The lowest BCUT2D eigenvalue weighted by Crippen LogP contribution is -2.21. The van der Waals surface area contributed by atoms with E-state index in [2.05, 4.69) is 4.74 Å². The van der Waals surface area contributed by atoms with Crippen LogP contribution in [0.5, 0.6) is 0 Å². The third-order valence-corrected chi connectivity index (χ3v) is 3.25. The Labute approximate surface area is 128 Å². The van der Waals surface area contributed by atoms with Crippen molar-refractivity contribution in [3.8, 4) is 11.1 Å². The van der Waals surface area contributed by atoms with Gasteiger partial charge in [-0.25, -0.2) is 9.18 Å². The van der Waals surface area contributed by atoms with E-state index in [0.717, 1.165) is 0 Å². The minimum absolute atomic E-state index is 0.117. The fraction of sp³-hybridized carbons (Fsp3) is 0.176. The van der Waals surface area contributed by atoms with Gasteiger partial charge in [0.15, 0.2) is 0 Å². The first kappa shape index (κ1) is 15.7. The van der Waals surface area contributed by atoms with Crippen LogP contribution < -0.4 is 0 Å². The molecule has 0 saturated heterocycles. The molecule has 0 bridgehead atoms. The molecule has 0 aliphatic rings. The van der Waals surface area contributed by atoms with Crippen LogP contribution in [0.2, 0.25) is 0 Å². The minimum Gasteiger partial charge on any atom is -0.465 e. The van der Waals surface area contributed by atoms with Crippen LogP contribution in [0.15, 0.2) is 42.5 Å². The van der Waals surface area contributed by atoms with E-state index in [0.29, 0.717) is 11.1 Å². The zero-order valence-electron chi connectivity index (χ0n) is 12.6. The van der Waals surface area contributed by atoms with Crippen LogP contribution in [0.25, 0.3) is 11.1 Å². The van der Waals surface area contributed by atoms with Gasteiger partial charge >= 0.3 is 5.97 Å². The fourth-order valence-electron chi connectivity index (χ4n) is 2.07. The summed E-state index contributed by atoms with van der Waals surface area (Å²) < 4.78 is 19.0. The van der Waals surface area contributed by atoms with Crippen LogP contribution in [-0.4, -0.2) is 38.0 Å². The Hall–Kier alpha value is -2.69. The number of halogens is 1. The highest BCUT2D eigenvalue weighted by atomic mass is 19.1. The summed E-state index contributed by atoms with van der Waals surface area (Å²) in [5, 5.41) is 0. The van der Waals surface area contributed by atoms with Gasteiger partial charge in [-0.05, 0) is 23.8 Å². The van der Waals surface area contributed by atoms with Gasteiger partial charge in [0.1, 0.15) is 5.82 Å². The van der Waals surface area contributed by atoms with Gasteiger partial charge in [-0.3, -0.25) is 4.79 Å². The minimum atomic E-state index is -0.723. The second-order valence-electron chi connectivity index (χ2n) is 4.94. The molecule has 4 nitrogen and oxygen atoms in total. The highest BCUT2D eigenvalue weighted by Gasteiger charge is 2.16. The third kappa shape index (κ3) is 2.98. The molecule has 2 aromatic carbocycles. The first-order chi connectivity index (χ1) is 10.5. The topological polar surface area (TPSA) is 46.6 Å². The Morgan fingerprint density at radius 1 is 1.05 bits per heavy atom. The maximum atomic E-state index is 14.4. The Morgan fingerprint density at radius 2 is 1.68 bits per heavy atom. The van der Waals surface area contributed by atoms with Crippen molar-refractivity contribution in [2.24, 2.45) is 0 Å². The van der Waals surface area contributed by atoms with Gasteiger partial charge in [0.2, 0.25) is 0 Å². The number of benzene rings is 2. The molecule has 1 amide bonds. The number of carbonyl (C=O) groups is 2. The number of methoxy groups -OCH3 is 1. The number of hydrogen-bond acceptors (Lipinski definition) is 3. The summed E-state index contributed by atoms with van der Waals surface area (Å²) >= 11 is 0. The number of carbonyl (C=O) groups excluding carboxylic acids is 2. The second kappa shape index (κ2) is 6.39. The first-order valence-electron chi connectivity index (χ1n) is 6.64. The van der Waals surface area contributed by atoms with Gasteiger partial charge in [0, 0.05) is 25.2 Å². The number of esters is 1. The van der Waals surface area contributed by atoms with Crippen molar-refractivity contribution in [2.45, 2.75) is 0 Å². The SMILES string of the molecule is COC(=O)c1cccc(-c2ccc(C(=O)N(C)C)cc2)c1F. The summed E-state index contributed by atoms with van der Waals surface area (Å²) in [5.41, 5.74) is 1.26. The number of ether oxygens (including phenoxy) is 1. The van der Waals surface area contributed by atoms with Crippen molar-refractivity contribution in [3.63, 3.8) is 0 Å². The lowest BCUT2D eigenvalue weighted by atomic mass is 10.0. The van der Waals surface area contributed by atoms with Gasteiger partial charge in [0.05, 0.1) is 12.7 Å². The molecule has 114 valence electrons. The lowest BCUT2D eigenvalue weighted by molar-refractivity contribution is 0.0595. The van der Waals surface area contributed by atoms with Crippen LogP contribution in [0.1, 0.15) is 20.7 Å². The summed E-state index contributed by atoms with van der Waals surface area (Å²) in [5.74, 6) is -1.49. The predicted molar refractivity (Wildman–Crippen MR) is 81.2 cm³/mol.